The smallest absolute Gasteiger partial charge is 0.433 e. The highest BCUT2D eigenvalue weighted by molar-refractivity contribution is 5.79. The van der Waals surface area contributed by atoms with E-state index in [9.17, 15) is 23.1 Å². The molecule has 0 amide bonds. The third kappa shape index (κ3) is 2.45. The van der Waals surface area contributed by atoms with Crippen LogP contribution >= 0.6 is 0 Å². The monoisotopic (exact) mass is 300 g/mol. The van der Waals surface area contributed by atoms with Gasteiger partial charge in [0.15, 0.2) is 0 Å². The van der Waals surface area contributed by atoms with Gasteiger partial charge in [0, 0.05) is 6.54 Å². The number of carboxylic acid groups (broad SMARTS) is 1. The topological polar surface area (TPSA) is 53.4 Å². The van der Waals surface area contributed by atoms with Crippen LogP contribution in [0, 0.1) is 11.8 Å². The van der Waals surface area contributed by atoms with Gasteiger partial charge < -0.3 is 10.0 Å². The van der Waals surface area contributed by atoms with Gasteiger partial charge in [-0.05, 0) is 36.8 Å². The lowest BCUT2D eigenvalue weighted by molar-refractivity contribution is -0.141. The molecule has 0 bridgehead atoms. The van der Waals surface area contributed by atoms with E-state index in [0.717, 1.165) is 25.3 Å². The SMILES string of the molecule is O=C(O)C1C2CCCC2CN1c1cccc(C(F)(F)F)n1. The first-order valence-corrected chi connectivity index (χ1v) is 6.91. The van der Waals surface area contributed by atoms with Crippen LogP contribution in [0.2, 0.25) is 0 Å². The van der Waals surface area contributed by atoms with Gasteiger partial charge in [-0.2, -0.15) is 13.2 Å². The maximum Gasteiger partial charge on any atom is 0.433 e. The minimum absolute atomic E-state index is 0.0128. The van der Waals surface area contributed by atoms with Crippen LogP contribution in [0.15, 0.2) is 18.2 Å². The van der Waals surface area contributed by atoms with Crippen LogP contribution in [-0.2, 0) is 11.0 Å². The number of aromatic nitrogens is 1. The largest absolute Gasteiger partial charge is 0.480 e. The summed E-state index contributed by atoms with van der Waals surface area (Å²) < 4.78 is 38.2. The van der Waals surface area contributed by atoms with Crippen molar-refractivity contribution in [2.75, 3.05) is 11.4 Å². The number of hydrogen-bond acceptors (Lipinski definition) is 3. The fourth-order valence-corrected chi connectivity index (χ4v) is 3.60. The first-order chi connectivity index (χ1) is 9.88. The van der Waals surface area contributed by atoms with Gasteiger partial charge in [-0.1, -0.05) is 12.5 Å². The van der Waals surface area contributed by atoms with Gasteiger partial charge in [0.25, 0.3) is 0 Å². The van der Waals surface area contributed by atoms with Crippen LogP contribution in [0.25, 0.3) is 0 Å². The van der Waals surface area contributed by atoms with Gasteiger partial charge >= 0.3 is 12.1 Å². The van der Waals surface area contributed by atoms with Crippen molar-refractivity contribution >= 4 is 11.8 Å². The summed E-state index contributed by atoms with van der Waals surface area (Å²) in [6, 6.07) is 2.86. The molecule has 2 fully saturated rings. The van der Waals surface area contributed by atoms with E-state index in [1.807, 2.05) is 0 Å². The molecule has 21 heavy (non-hydrogen) atoms. The van der Waals surface area contributed by atoms with Gasteiger partial charge in [0.05, 0.1) is 0 Å². The van der Waals surface area contributed by atoms with Gasteiger partial charge in [0.2, 0.25) is 0 Å². The standard InChI is InChI=1S/C14H15F3N2O2/c15-14(16,17)10-5-2-6-11(18-10)19-7-8-3-1-4-9(8)12(19)13(20)21/h2,5-6,8-9,12H,1,3-4,7H2,(H,20,21). The Morgan fingerprint density at radius 1 is 1.33 bits per heavy atom. The Morgan fingerprint density at radius 2 is 2.10 bits per heavy atom. The summed E-state index contributed by atoms with van der Waals surface area (Å²) in [4.78, 5) is 16.7. The molecule has 3 rings (SSSR count). The second-order valence-electron chi connectivity index (χ2n) is 5.67. The van der Waals surface area contributed by atoms with E-state index in [4.69, 9.17) is 0 Å². The van der Waals surface area contributed by atoms with Crippen molar-refractivity contribution in [3.8, 4) is 0 Å². The molecule has 0 radical (unpaired) electrons. The van der Waals surface area contributed by atoms with E-state index in [1.54, 1.807) is 0 Å². The predicted octanol–water partition coefficient (Wildman–Crippen LogP) is 2.79. The molecule has 1 aromatic heterocycles. The average molecular weight is 300 g/mol. The number of fused-ring (bicyclic) bond motifs is 1. The summed E-state index contributed by atoms with van der Waals surface area (Å²) in [5.41, 5.74) is -0.985. The summed E-state index contributed by atoms with van der Waals surface area (Å²) >= 11 is 0. The maximum absolute atomic E-state index is 12.7. The Morgan fingerprint density at radius 3 is 2.76 bits per heavy atom. The number of carboxylic acids is 1. The Kier molecular flexibility index (Phi) is 3.30. The number of anilines is 1. The Bertz CT molecular complexity index is 561. The highest BCUT2D eigenvalue weighted by atomic mass is 19.4. The number of aliphatic carboxylic acids is 1. The first-order valence-electron chi connectivity index (χ1n) is 6.91. The zero-order valence-corrected chi connectivity index (χ0v) is 11.2. The quantitative estimate of drug-likeness (QED) is 0.912. The Labute approximate surface area is 119 Å². The summed E-state index contributed by atoms with van der Waals surface area (Å²) in [6.45, 7) is 0.468. The number of hydrogen-bond donors (Lipinski definition) is 1. The Hall–Kier alpha value is -1.79. The van der Waals surface area contributed by atoms with Crippen molar-refractivity contribution in [3.05, 3.63) is 23.9 Å². The number of nitrogens with zero attached hydrogens (tertiary/aromatic N) is 2. The lowest BCUT2D eigenvalue weighted by Gasteiger charge is -2.25. The van der Waals surface area contributed by atoms with E-state index in [2.05, 4.69) is 4.98 Å². The maximum atomic E-state index is 12.7. The van der Waals surface area contributed by atoms with Crippen molar-refractivity contribution in [2.45, 2.75) is 31.5 Å². The van der Waals surface area contributed by atoms with Gasteiger partial charge in [-0.25, -0.2) is 9.78 Å². The fourth-order valence-electron chi connectivity index (χ4n) is 3.60. The molecule has 7 heteroatoms. The number of carbonyl (C=O) groups is 1. The molecule has 1 saturated heterocycles. The van der Waals surface area contributed by atoms with Crippen molar-refractivity contribution in [1.29, 1.82) is 0 Å². The molecule has 3 atom stereocenters. The van der Waals surface area contributed by atoms with Gasteiger partial charge in [-0.15, -0.1) is 0 Å². The second-order valence-corrected chi connectivity index (χ2v) is 5.67. The molecule has 2 aliphatic rings. The van der Waals surface area contributed by atoms with E-state index >= 15 is 0 Å². The van der Waals surface area contributed by atoms with E-state index < -0.39 is 23.9 Å². The van der Waals surface area contributed by atoms with Crippen LogP contribution in [0.4, 0.5) is 19.0 Å². The van der Waals surface area contributed by atoms with Crippen molar-refractivity contribution in [1.82, 2.24) is 4.98 Å². The normalized spacial score (nSPS) is 28.7. The lowest BCUT2D eigenvalue weighted by atomic mass is 9.94. The van der Waals surface area contributed by atoms with E-state index in [0.29, 0.717) is 6.54 Å². The summed E-state index contributed by atoms with van der Waals surface area (Å²) in [6.07, 6.45) is -1.78. The molecule has 0 spiro atoms. The molecular weight excluding hydrogens is 285 g/mol. The van der Waals surface area contributed by atoms with E-state index in [1.165, 1.54) is 17.0 Å². The third-order valence-corrected chi connectivity index (χ3v) is 4.46. The van der Waals surface area contributed by atoms with Crippen LogP contribution in [-0.4, -0.2) is 28.6 Å². The molecule has 114 valence electrons. The highest BCUT2D eigenvalue weighted by Gasteiger charge is 2.48. The third-order valence-electron chi connectivity index (χ3n) is 4.46. The lowest BCUT2D eigenvalue weighted by Crippen LogP contribution is -2.40. The molecule has 1 aromatic rings. The number of halogens is 3. The van der Waals surface area contributed by atoms with Crippen LogP contribution < -0.4 is 4.90 Å². The Balaban J connectivity index is 1.94. The predicted molar refractivity (Wildman–Crippen MR) is 68.8 cm³/mol. The molecule has 1 aliphatic heterocycles. The van der Waals surface area contributed by atoms with Crippen LogP contribution in [0.1, 0.15) is 25.0 Å². The zero-order valence-electron chi connectivity index (χ0n) is 11.2. The molecule has 3 unspecified atom stereocenters. The first kappa shape index (κ1) is 14.2. The van der Waals surface area contributed by atoms with Crippen molar-refractivity contribution in [2.24, 2.45) is 11.8 Å². The summed E-state index contributed by atoms with van der Waals surface area (Å²) in [7, 11) is 0. The number of alkyl halides is 3. The molecule has 2 heterocycles. The summed E-state index contributed by atoms with van der Waals surface area (Å²) in [5, 5.41) is 9.43. The van der Waals surface area contributed by atoms with Gasteiger partial charge in [-0.3, -0.25) is 0 Å². The minimum Gasteiger partial charge on any atom is -0.480 e. The molecule has 1 aliphatic carbocycles. The van der Waals surface area contributed by atoms with Crippen LogP contribution in [0.3, 0.4) is 0 Å². The molecule has 1 saturated carbocycles. The fraction of sp³-hybridized carbons (Fsp3) is 0.571. The highest BCUT2D eigenvalue weighted by Crippen LogP contribution is 2.44. The average Bonchev–Trinajstić information content (AvgIpc) is 2.97. The molecule has 0 aromatic carbocycles. The number of rotatable bonds is 2. The molecule has 1 N–H and O–H groups in total. The molecular formula is C14H15F3N2O2. The molecule has 4 nitrogen and oxygen atoms in total. The van der Waals surface area contributed by atoms with E-state index in [-0.39, 0.29) is 17.7 Å². The summed E-state index contributed by atoms with van der Waals surface area (Å²) in [5.74, 6) is -0.628. The van der Waals surface area contributed by atoms with Crippen molar-refractivity contribution in [3.63, 3.8) is 0 Å². The van der Waals surface area contributed by atoms with Gasteiger partial charge in [0.1, 0.15) is 17.6 Å². The van der Waals surface area contributed by atoms with Crippen molar-refractivity contribution < 1.29 is 23.1 Å². The van der Waals surface area contributed by atoms with Crippen LogP contribution in [0.5, 0.6) is 0 Å². The second kappa shape index (κ2) is 4.89. The number of pyridine rings is 1. The minimum atomic E-state index is -4.52. The zero-order chi connectivity index (χ0) is 15.2.